The van der Waals surface area contributed by atoms with Crippen molar-refractivity contribution in [3.05, 3.63) is 35.4 Å². The molecule has 4 heterocycles. The molecule has 38 heavy (non-hydrogen) atoms. The van der Waals surface area contributed by atoms with Gasteiger partial charge in [0.05, 0.1) is 85.6 Å². The molecule has 1 aromatic carbocycles. The molecule has 4 fully saturated rings. The highest BCUT2D eigenvalue weighted by atomic mass is 16.6. The summed E-state index contributed by atoms with van der Waals surface area (Å²) >= 11 is 0. The van der Waals surface area contributed by atoms with Crippen molar-refractivity contribution < 1.29 is 38.0 Å². The summed E-state index contributed by atoms with van der Waals surface area (Å²) in [5.41, 5.74) is 0.0844. The van der Waals surface area contributed by atoms with Crippen LogP contribution in [-0.2, 0) is 28.4 Å². The van der Waals surface area contributed by atoms with Gasteiger partial charge in [0, 0.05) is 0 Å². The van der Waals surface area contributed by atoms with Crippen molar-refractivity contribution in [3.63, 3.8) is 0 Å². The number of carbonyl (C=O) groups excluding carboxylic acids is 2. The van der Waals surface area contributed by atoms with Crippen LogP contribution in [0.3, 0.4) is 0 Å². The molecule has 0 atom stereocenters. The molecule has 8 heteroatoms. The highest BCUT2D eigenvalue weighted by Gasteiger charge is 2.60. The number of hydrogen-bond donors (Lipinski definition) is 0. The molecule has 1 aromatic rings. The van der Waals surface area contributed by atoms with E-state index in [2.05, 4.69) is 27.7 Å². The lowest BCUT2D eigenvalue weighted by atomic mass is 9.63. The number of hydrogen-bond acceptors (Lipinski definition) is 8. The van der Waals surface area contributed by atoms with E-state index in [1.165, 1.54) is 0 Å². The molecule has 0 aliphatic carbocycles. The molecule has 0 unspecified atom stereocenters. The maximum Gasteiger partial charge on any atom is 0.338 e. The number of esters is 2. The number of carbonyl (C=O) groups is 2. The van der Waals surface area contributed by atoms with Crippen LogP contribution in [0.25, 0.3) is 0 Å². The lowest BCUT2D eigenvalue weighted by Crippen LogP contribution is -2.64. The zero-order chi connectivity index (χ0) is 27.0. The summed E-state index contributed by atoms with van der Waals surface area (Å²) < 4.78 is 34.7. The second-order valence-electron chi connectivity index (χ2n) is 12.0. The van der Waals surface area contributed by atoms with Crippen LogP contribution in [0.4, 0.5) is 0 Å². The monoisotopic (exact) mass is 530 g/mol. The topological polar surface area (TPSA) is 89.5 Å². The Hall–Kier alpha value is -2.00. The molecule has 4 saturated heterocycles. The molecule has 0 aromatic heterocycles. The van der Waals surface area contributed by atoms with Gasteiger partial charge in [-0.2, -0.15) is 0 Å². The predicted molar refractivity (Wildman–Crippen MR) is 139 cm³/mol. The van der Waals surface area contributed by atoms with Gasteiger partial charge in [0.2, 0.25) is 0 Å². The van der Waals surface area contributed by atoms with Crippen molar-refractivity contribution >= 4 is 11.9 Å². The molecule has 5 rings (SSSR count). The van der Waals surface area contributed by atoms with E-state index in [1.54, 1.807) is 24.3 Å². The fourth-order valence-electron chi connectivity index (χ4n) is 6.51. The van der Waals surface area contributed by atoms with E-state index in [0.717, 1.165) is 25.7 Å². The minimum Gasteiger partial charge on any atom is -0.457 e. The van der Waals surface area contributed by atoms with Crippen LogP contribution in [0, 0.1) is 21.7 Å². The molecule has 4 aliphatic rings. The van der Waals surface area contributed by atoms with Crippen LogP contribution < -0.4 is 0 Å². The SMILES string of the molecule is CCC1(C(OC(=O)c2ccc(C(=O)OC(C3(CC)COC3)C3(CC)COC3)cc2)C2(CC)COC2)COC1. The molecule has 0 N–H and O–H groups in total. The van der Waals surface area contributed by atoms with E-state index in [4.69, 9.17) is 28.4 Å². The van der Waals surface area contributed by atoms with Crippen molar-refractivity contribution in [2.24, 2.45) is 21.7 Å². The third-order valence-electron chi connectivity index (χ3n) is 9.96. The Morgan fingerprint density at radius 1 is 0.579 bits per heavy atom. The largest absolute Gasteiger partial charge is 0.457 e. The van der Waals surface area contributed by atoms with Gasteiger partial charge in [-0.15, -0.1) is 0 Å². The van der Waals surface area contributed by atoms with Crippen LogP contribution in [0.2, 0.25) is 0 Å². The van der Waals surface area contributed by atoms with Crippen LogP contribution >= 0.6 is 0 Å². The Morgan fingerprint density at radius 3 is 0.974 bits per heavy atom. The van der Waals surface area contributed by atoms with Gasteiger partial charge in [-0.05, 0) is 49.9 Å². The average molecular weight is 531 g/mol. The highest BCUT2D eigenvalue weighted by molar-refractivity contribution is 5.93. The van der Waals surface area contributed by atoms with Gasteiger partial charge in [-0.3, -0.25) is 0 Å². The van der Waals surface area contributed by atoms with E-state index in [0.29, 0.717) is 64.0 Å². The van der Waals surface area contributed by atoms with Crippen molar-refractivity contribution in [2.45, 2.75) is 65.6 Å². The Morgan fingerprint density at radius 2 is 0.816 bits per heavy atom. The lowest BCUT2D eigenvalue weighted by Gasteiger charge is -2.56. The van der Waals surface area contributed by atoms with E-state index >= 15 is 0 Å². The van der Waals surface area contributed by atoms with Crippen molar-refractivity contribution in [1.82, 2.24) is 0 Å². The minimum absolute atomic E-state index is 0.185. The normalized spacial score (nSPS) is 23.9. The summed E-state index contributed by atoms with van der Waals surface area (Å²) in [6.07, 6.45) is 2.91. The fraction of sp³-hybridized carbons (Fsp3) is 0.733. The zero-order valence-corrected chi connectivity index (χ0v) is 23.2. The predicted octanol–water partition coefficient (Wildman–Crippen LogP) is 4.44. The molecule has 210 valence electrons. The quantitative estimate of drug-likeness (QED) is 0.367. The Labute approximate surface area is 225 Å². The molecule has 0 radical (unpaired) electrons. The number of ether oxygens (including phenoxy) is 6. The molecular formula is C30H42O8. The van der Waals surface area contributed by atoms with Crippen molar-refractivity contribution in [2.75, 3.05) is 52.9 Å². The Kier molecular flexibility index (Phi) is 7.63. The van der Waals surface area contributed by atoms with E-state index in [-0.39, 0.29) is 45.8 Å². The fourth-order valence-corrected chi connectivity index (χ4v) is 6.51. The van der Waals surface area contributed by atoms with E-state index < -0.39 is 0 Å². The molecule has 0 spiro atoms. The van der Waals surface area contributed by atoms with Crippen LogP contribution in [0.15, 0.2) is 24.3 Å². The maximum absolute atomic E-state index is 13.3. The molecule has 4 aliphatic heterocycles. The molecule has 0 bridgehead atoms. The summed E-state index contributed by atoms with van der Waals surface area (Å²) in [6.45, 7) is 13.2. The average Bonchev–Trinajstić information content (AvgIpc) is 2.82. The Bertz CT molecular complexity index is 855. The van der Waals surface area contributed by atoms with Gasteiger partial charge in [-0.1, -0.05) is 27.7 Å². The zero-order valence-electron chi connectivity index (χ0n) is 23.2. The van der Waals surface area contributed by atoms with Crippen molar-refractivity contribution in [1.29, 1.82) is 0 Å². The summed E-state index contributed by atoms with van der Waals surface area (Å²) in [6, 6.07) is 6.61. The summed E-state index contributed by atoms with van der Waals surface area (Å²) in [5.74, 6) is -0.777. The van der Waals surface area contributed by atoms with Gasteiger partial charge in [-0.25, -0.2) is 9.59 Å². The van der Waals surface area contributed by atoms with E-state index in [9.17, 15) is 9.59 Å². The second kappa shape index (κ2) is 10.5. The second-order valence-corrected chi connectivity index (χ2v) is 12.0. The first-order chi connectivity index (χ1) is 18.3. The minimum atomic E-state index is -0.389. The summed E-state index contributed by atoms with van der Waals surface area (Å²) in [4.78, 5) is 26.6. The summed E-state index contributed by atoms with van der Waals surface area (Å²) in [5, 5.41) is 0. The van der Waals surface area contributed by atoms with Gasteiger partial charge in [0.25, 0.3) is 0 Å². The van der Waals surface area contributed by atoms with Gasteiger partial charge >= 0.3 is 11.9 Å². The molecule has 0 amide bonds. The standard InChI is InChI=1S/C30H42O8/c1-5-27(13-33-14-27)25(28(6-2)15-34-16-28)37-23(31)21-9-11-22(12-10-21)24(32)38-26(29(7-3)17-35-18-29)30(8-4)19-36-20-30/h9-12,25-26H,5-8,13-20H2,1-4H3. The van der Waals surface area contributed by atoms with Crippen LogP contribution in [0.1, 0.15) is 74.1 Å². The first-order valence-corrected chi connectivity index (χ1v) is 14.1. The smallest absolute Gasteiger partial charge is 0.338 e. The molecule has 8 nitrogen and oxygen atoms in total. The van der Waals surface area contributed by atoms with Gasteiger partial charge in [0.1, 0.15) is 12.2 Å². The number of rotatable bonds is 12. The Balaban J connectivity index is 1.30. The highest BCUT2D eigenvalue weighted by Crippen LogP contribution is 2.51. The van der Waals surface area contributed by atoms with Crippen molar-refractivity contribution in [3.8, 4) is 0 Å². The lowest BCUT2D eigenvalue weighted by molar-refractivity contribution is -0.258. The molecule has 0 saturated carbocycles. The van der Waals surface area contributed by atoms with Crippen LogP contribution in [-0.4, -0.2) is 77.0 Å². The first-order valence-electron chi connectivity index (χ1n) is 14.1. The van der Waals surface area contributed by atoms with E-state index in [1.807, 2.05) is 0 Å². The third-order valence-corrected chi connectivity index (χ3v) is 9.96. The third kappa shape index (κ3) is 4.37. The maximum atomic E-state index is 13.3. The van der Waals surface area contributed by atoms with Crippen LogP contribution in [0.5, 0.6) is 0 Å². The van der Waals surface area contributed by atoms with Gasteiger partial charge < -0.3 is 28.4 Å². The summed E-state index contributed by atoms with van der Waals surface area (Å²) in [7, 11) is 0. The first kappa shape index (κ1) is 27.6. The van der Waals surface area contributed by atoms with Gasteiger partial charge in [0.15, 0.2) is 0 Å². The molecular weight excluding hydrogens is 488 g/mol. The number of benzene rings is 1.